The van der Waals surface area contributed by atoms with Crippen molar-refractivity contribution >= 4 is 5.97 Å². The number of fused-ring (bicyclic) bond motifs is 5. The highest BCUT2D eigenvalue weighted by Gasteiger charge is 2.58. The highest BCUT2D eigenvalue weighted by molar-refractivity contribution is 5.74. The maximum atomic E-state index is 12.8. The number of benzene rings is 1. The molecule has 0 saturated heterocycles. The molecule has 0 aliphatic heterocycles. The van der Waals surface area contributed by atoms with Gasteiger partial charge in [-0.3, -0.25) is 0 Å². The van der Waals surface area contributed by atoms with Gasteiger partial charge < -0.3 is 9.47 Å². The van der Waals surface area contributed by atoms with Gasteiger partial charge in [0, 0.05) is 6.42 Å². The van der Waals surface area contributed by atoms with Gasteiger partial charge in [0.15, 0.2) is 6.10 Å². The lowest BCUT2D eigenvalue weighted by Crippen LogP contribution is -2.50. The first-order chi connectivity index (χ1) is 18.8. The van der Waals surface area contributed by atoms with E-state index in [1.54, 1.807) is 12.5 Å². The zero-order valence-corrected chi connectivity index (χ0v) is 25.3. The quantitative estimate of drug-likeness (QED) is 0.161. The normalized spacial score (nSPS) is 36.2. The summed E-state index contributed by atoms with van der Waals surface area (Å²) in [5, 5.41) is 0. The Bertz CT molecular complexity index is 984. The second-order valence-corrected chi connectivity index (χ2v) is 14.0. The number of unbranched alkanes of at least 4 members (excludes halogenated alkanes) is 5. The van der Waals surface area contributed by atoms with Crippen LogP contribution in [0.4, 0.5) is 0 Å². The number of carbonyl (C=O) groups is 1. The fourth-order valence-electron chi connectivity index (χ4n) is 9.49. The first-order valence-electron chi connectivity index (χ1n) is 16.5. The molecule has 0 radical (unpaired) electrons. The van der Waals surface area contributed by atoms with Crippen LogP contribution in [0.15, 0.2) is 42.0 Å². The van der Waals surface area contributed by atoms with Crippen molar-refractivity contribution in [1.82, 2.24) is 0 Å². The molecule has 3 nitrogen and oxygen atoms in total. The molecular formula is C36H54O3. The Morgan fingerprint density at radius 1 is 0.949 bits per heavy atom. The molecule has 1 aromatic rings. The number of carbonyl (C=O) groups excluding carboxylic acids is 1. The molecule has 3 fully saturated rings. The molecule has 3 saturated carbocycles. The average molecular weight is 535 g/mol. The fraction of sp³-hybridized carbons (Fsp3) is 0.750. The molecule has 0 bridgehead atoms. The minimum absolute atomic E-state index is 0.0164. The van der Waals surface area contributed by atoms with Gasteiger partial charge in [-0.1, -0.05) is 89.1 Å². The summed E-state index contributed by atoms with van der Waals surface area (Å²) < 4.78 is 11.8. The number of rotatable bonds is 11. The predicted octanol–water partition coefficient (Wildman–Crippen LogP) is 9.70. The molecule has 3 heteroatoms. The van der Waals surface area contributed by atoms with Gasteiger partial charge >= 0.3 is 5.97 Å². The van der Waals surface area contributed by atoms with Gasteiger partial charge in [0.25, 0.3) is 0 Å². The third-order valence-corrected chi connectivity index (χ3v) is 11.8. The van der Waals surface area contributed by atoms with E-state index in [1.807, 2.05) is 30.3 Å². The third-order valence-electron chi connectivity index (χ3n) is 11.8. The molecular weight excluding hydrogens is 480 g/mol. The van der Waals surface area contributed by atoms with E-state index in [2.05, 4.69) is 26.8 Å². The van der Waals surface area contributed by atoms with E-state index in [-0.39, 0.29) is 17.5 Å². The molecule has 39 heavy (non-hydrogen) atoms. The third kappa shape index (κ3) is 5.98. The Morgan fingerprint density at radius 3 is 2.51 bits per heavy atom. The van der Waals surface area contributed by atoms with Crippen LogP contribution in [0.1, 0.15) is 124 Å². The molecule has 5 rings (SSSR count). The van der Waals surface area contributed by atoms with Crippen molar-refractivity contribution in [1.29, 1.82) is 0 Å². The molecule has 0 aromatic heterocycles. The predicted molar refractivity (Wildman–Crippen MR) is 160 cm³/mol. The standard InChI is InChI=1S/C36H54O3/c1-5-6-7-8-9-11-14-27-18-20-32-31-19-17-28-25-30(21-23-36(28,4)33(31)22-24-35(27,32)3)39-34(37)26(2)38-29-15-12-10-13-16-29/h10,12-13,15-17,26-27,30-33H,5-9,11,14,18-25H2,1-4H3/t26-,27+,30-,31-,32+,33+,35+,36-/m0/s1. The number of para-hydroxylation sites is 1. The summed E-state index contributed by atoms with van der Waals surface area (Å²) in [6, 6.07) is 9.57. The monoisotopic (exact) mass is 534 g/mol. The smallest absolute Gasteiger partial charge is 0.347 e. The summed E-state index contributed by atoms with van der Waals surface area (Å²) in [4.78, 5) is 12.8. The van der Waals surface area contributed by atoms with Crippen LogP contribution in [-0.4, -0.2) is 18.2 Å². The molecule has 4 aliphatic rings. The molecule has 8 atom stereocenters. The van der Waals surface area contributed by atoms with Gasteiger partial charge in [0.05, 0.1) is 0 Å². The Hall–Kier alpha value is -1.77. The summed E-state index contributed by atoms with van der Waals surface area (Å²) in [7, 11) is 0. The first-order valence-corrected chi connectivity index (χ1v) is 16.5. The van der Waals surface area contributed by atoms with E-state index in [1.165, 1.54) is 77.0 Å². The maximum absolute atomic E-state index is 12.8. The zero-order chi connectivity index (χ0) is 27.5. The van der Waals surface area contributed by atoms with E-state index in [9.17, 15) is 4.79 Å². The van der Waals surface area contributed by atoms with Gasteiger partial charge in [-0.25, -0.2) is 4.79 Å². The van der Waals surface area contributed by atoms with Crippen molar-refractivity contribution < 1.29 is 14.3 Å². The summed E-state index contributed by atoms with van der Waals surface area (Å²) in [5.41, 5.74) is 2.43. The summed E-state index contributed by atoms with van der Waals surface area (Å²) in [6.45, 7) is 9.34. The highest BCUT2D eigenvalue weighted by atomic mass is 16.6. The average Bonchev–Trinajstić information content (AvgIpc) is 3.27. The highest BCUT2D eigenvalue weighted by Crippen LogP contribution is 2.66. The van der Waals surface area contributed by atoms with Gasteiger partial charge in [-0.05, 0) is 105 Å². The molecule has 0 amide bonds. The fourth-order valence-corrected chi connectivity index (χ4v) is 9.49. The van der Waals surface area contributed by atoms with Crippen molar-refractivity contribution in [2.24, 2.45) is 34.5 Å². The summed E-state index contributed by atoms with van der Waals surface area (Å²) in [5.74, 6) is 3.98. The van der Waals surface area contributed by atoms with E-state index in [4.69, 9.17) is 9.47 Å². The number of hydrogen-bond acceptors (Lipinski definition) is 3. The largest absolute Gasteiger partial charge is 0.479 e. The molecule has 0 unspecified atom stereocenters. The van der Waals surface area contributed by atoms with E-state index in [0.29, 0.717) is 11.2 Å². The number of ether oxygens (including phenoxy) is 2. The number of esters is 1. The lowest BCUT2D eigenvalue weighted by Gasteiger charge is -2.58. The Kier molecular flexibility index (Phi) is 9.14. The van der Waals surface area contributed by atoms with Crippen LogP contribution < -0.4 is 4.74 Å². The Morgan fingerprint density at radius 2 is 1.72 bits per heavy atom. The van der Waals surface area contributed by atoms with E-state index < -0.39 is 6.10 Å². The van der Waals surface area contributed by atoms with E-state index in [0.717, 1.165) is 42.9 Å². The van der Waals surface area contributed by atoms with Crippen molar-refractivity contribution in [3.63, 3.8) is 0 Å². The molecule has 1 aromatic carbocycles. The molecule has 0 N–H and O–H groups in total. The lowest BCUT2D eigenvalue weighted by atomic mass is 9.47. The minimum Gasteiger partial charge on any atom is -0.479 e. The maximum Gasteiger partial charge on any atom is 0.347 e. The van der Waals surface area contributed by atoms with Crippen molar-refractivity contribution in [2.75, 3.05) is 0 Å². The van der Waals surface area contributed by atoms with Gasteiger partial charge in [-0.15, -0.1) is 0 Å². The van der Waals surface area contributed by atoms with Crippen molar-refractivity contribution in [2.45, 2.75) is 136 Å². The zero-order valence-electron chi connectivity index (χ0n) is 25.3. The molecule has 216 valence electrons. The lowest BCUT2D eigenvalue weighted by molar-refractivity contribution is -0.159. The van der Waals surface area contributed by atoms with Crippen molar-refractivity contribution in [3.05, 3.63) is 42.0 Å². The molecule has 4 aliphatic carbocycles. The van der Waals surface area contributed by atoms with Crippen LogP contribution in [0.25, 0.3) is 0 Å². The van der Waals surface area contributed by atoms with Gasteiger partial charge in [-0.2, -0.15) is 0 Å². The minimum atomic E-state index is -0.590. The second kappa shape index (κ2) is 12.4. The van der Waals surface area contributed by atoms with Crippen molar-refractivity contribution in [3.8, 4) is 5.75 Å². The van der Waals surface area contributed by atoms with Gasteiger partial charge in [0.2, 0.25) is 0 Å². The Labute approximate surface area is 238 Å². The van der Waals surface area contributed by atoms with Gasteiger partial charge in [0.1, 0.15) is 11.9 Å². The van der Waals surface area contributed by atoms with Crippen LogP contribution in [0.2, 0.25) is 0 Å². The Balaban J connectivity index is 1.16. The van der Waals surface area contributed by atoms with E-state index >= 15 is 0 Å². The second-order valence-electron chi connectivity index (χ2n) is 14.0. The van der Waals surface area contributed by atoms with Crippen LogP contribution >= 0.6 is 0 Å². The van der Waals surface area contributed by atoms with Crippen LogP contribution in [0.3, 0.4) is 0 Å². The van der Waals surface area contributed by atoms with Crippen LogP contribution in [0, 0.1) is 34.5 Å². The molecule has 0 spiro atoms. The first kappa shape index (κ1) is 28.7. The SMILES string of the molecule is CCCCCCCC[C@@H]1CC[C@@H]2[C@@H]3CC=C4C[C@@H](OC(=O)[C@H](C)Oc5ccccc5)CC[C@]4(C)[C@@H]3CC[C@]12C. The number of hydrogen-bond donors (Lipinski definition) is 0. The van der Waals surface area contributed by atoms with Crippen LogP contribution in [0.5, 0.6) is 5.75 Å². The van der Waals surface area contributed by atoms with Crippen LogP contribution in [-0.2, 0) is 9.53 Å². The molecule has 0 heterocycles. The summed E-state index contributed by atoms with van der Waals surface area (Å²) in [6.07, 6.45) is 22.0. The topological polar surface area (TPSA) is 35.5 Å². The summed E-state index contributed by atoms with van der Waals surface area (Å²) >= 11 is 0. The number of allylic oxidation sites excluding steroid dienone is 1.